The predicted molar refractivity (Wildman–Crippen MR) is 56.8 cm³/mol. The largest absolute Gasteiger partial charge is 0.314 e. The molecule has 0 unspecified atom stereocenters. The molecule has 0 radical (unpaired) electrons. The van der Waals surface area contributed by atoms with Crippen LogP contribution in [0.4, 0.5) is 0 Å². The Kier molecular flexibility index (Phi) is 4.31. The van der Waals surface area contributed by atoms with Crippen molar-refractivity contribution >= 4 is 10.0 Å². The maximum Gasteiger partial charge on any atom is 0.210 e. The molecule has 0 aromatic carbocycles. The standard InChI is InChI=1S/C8H19N3O2S/c1-10(14(2,12)13)7-8-11-5-3-9-4-6-11/h9H,3-8H2,1-2H3. The minimum Gasteiger partial charge on any atom is -0.314 e. The number of piperazine rings is 1. The van der Waals surface area contributed by atoms with Gasteiger partial charge in [0.25, 0.3) is 0 Å². The lowest BCUT2D eigenvalue weighted by atomic mass is 10.3. The van der Waals surface area contributed by atoms with E-state index in [1.165, 1.54) is 10.6 Å². The van der Waals surface area contributed by atoms with E-state index >= 15 is 0 Å². The van der Waals surface area contributed by atoms with Crippen molar-refractivity contribution in [1.82, 2.24) is 14.5 Å². The van der Waals surface area contributed by atoms with Gasteiger partial charge >= 0.3 is 0 Å². The number of sulfonamides is 1. The SMILES string of the molecule is CN(CCN1CCNCC1)S(C)(=O)=O. The van der Waals surface area contributed by atoms with Gasteiger partial charge in [0.15, 0.2) is 0 Å². The monoisotopic (exact) mass is 221 g/mol. The lowest BCUT2D eigenvalue weighted by Gasteiger charge is -2.28. The summed E-state index contributed by atoms with van der Waals surface area (Å²) in [5.41, 5.74) is 0. The second-order valence-corrected chi connectivity index (χ2v) is 5.77. The van der Waals surface area contributed by atoms with Crippen LogP contribution in [0.25, 0.3) is 0 Å². The van der Waals surface area contributed by atoms with E-state index in [2.05, 4.69) is 10.2 Å². The fraction of sp³-hybridized carbons (Fsp3) is 1.00. The molecule has 1 aliphatic heterocycles. The molecule has 1 saturated heterocycles. The number of hydrogen-bond acceptors (Lipinski definition) is 4. The minimum atomic E-state index is -3.01. The third-order valence-electron chi connectivity index (χ3n) is 2.51. The highest BCUT2D eigenvalue weighted by Crippen LogP contribution is 1.96. The molecular weight excluding hydrogens is 202 g/mol. The lowest BCUT2D eigenvalue weighted by molar-refractivity contribution is 0.229. The van der Waals surface area contributed by atoms with Gasteiger partial charge in [-0.15, -0.1) is 0 Å². The van der Waals surface area contributed by atoms with Gasteiger partial charge in [0, 0.05) is 46.3 Å². The summed E-state index contributed by atoms with van der Waals surface area (Å²) in [6, 6.07) is 0. The first-order valence-corrected chi connectivity index (χ1v) is 6.69. The second kappa shape index (κ2) is 5.06. The Morgan fingerprint density at radius 3 is 2.43 bits per heavy atom. The molecule has 1 rings (SSSR count). The molecule has 6 heteroatoms. The highest BCUT2D eigenvalue weighted by atomic mass is 32.2. The van der Waals surface area contributed by atoms with E-state index in [9.17, 15) is 8.42 Å². The van der Waals surface area contributed by atoms with Crippen LogP contribution in [0.15, 0.2) is 0 Å². The van der Waals surface area contributed by atoms with Gasteiger partial charge in [-0.1, -0.05) is 0 Å². The molecule has 0 spiro atoms. The van der Waals surface area contributed by atoms with Crippen LogP contribution in [0, 0.1) is 0 Å². The Labute approximate surface area is 86.1 Å². The summed E-state index contributed by atoms with van der Waals surface area (Å²) >= 11 is 0. The van der Waals surface area contributed by atoms with Gasteiger partial charge in [0.1, 0.15) is 0 Å². The molecule has 0 aromatic heterocycles. The summed E-state index contributed by atoms with van der Waals surface area (Å²) in [4.78, 5) is 2.28. The van der Waals surface area contributed by atoms with Gasteiger partial charge in [-0.05, 0) is 0 Å². The molecule has 0 bridgehead atoms. The van der Waals surface area contributed by atoms with Crippen molar-refractivity contribution in [3.05, 3.63) is 0 Å². The third-order valence-corrected chi connectivity index (χ3v) is 3.82. The topological polar surface area (TPSA) is 52.6 Å². The number of nitrogens with zero attached hydrogens (tertiary/aromatic N) is 2. The first-order chi connectivity index (χ1) is 6.50. The van der Waals surface area contributed by atoms with E-state index in [-0.39, 0.29) is 0 Å². The van der Waals surface area contributed by atoms with Crippen molar-refractivity contribution in [1.29, 1.82) is 0 Å². The molecule has 0 saturated carbocycles. The van der Waals surface area contributed by atoms with Crippen LogP contribution in [-0.4, -0.2) is 70.2 Å². The van der Waals surface area contributed by atoms with Crippen LogP contribution in [-0.2, 0) is 10.0 Å². The van der Waals surface area contributed by atoms with Gasteiger partial charge in [-0.3, -0.25) is 4.90 Å². The van der Waals surface area contributed by atoms with Crippen molar-refractivity contribution in [2.75, 3.05) is 52.6 Å². The van der Waals surface area contributed by atoms with Crippen LogP contribution in [0.2, 0.25) is 0 Å². The van der Waals surface area contributed by atoms with Crippen LogP contribution in [0.3, 0.4) is 0 Å². The zero-order chi connectivity index (χ0) is 10.6. The van der Waals surface area contributed by atoms with Gasteiger partial charge < -0.3 is 5.32 Å². The van der Waals surface area contributed by atoms with E-state index < -0.39 is 10.0 Å². The number of likely N-dealkylation sites (N-methyl/N-ethyl adjacent to an activating group) is 1. The number of hydrogen-bond donors (Lipinski definition) is 1. The molecule has 84 valence electrons. The first-order valence-electron chi connectivity index (χ1n) is 4.84. The van der Waals surface area contributed by atoms with E-state index in [0.717, 1.165) is 32.7 Å². The highest BCUT2D eigenvalue weighted by molar-refractivity contribution is 7.88. The summed E-state index contributed by atoms with van der Waals surface area (Å²) < 4.78 is 23.6. The molecular formula is C8H19N3O2S. The molecule has 0 atom stereocenters. The van der Waals surface area contributed by atoms with Gasteiger partial charge in [-0.25, -0.2) is 12.7 Å². The highest BCUT2D eigenvalue weighted by Gasteiger charge is 2.14. The zero-order valence-electron chi connectivity index (χ0n) is 8.86. The first kappa shape index (κ1) is 11.9. The molecule has 1 N–H and O–H groups in total. The summed E-state index contributed by atoms with van der Waals surface area (Å²) in [7, 11) is -1.39. The van der Waals surface area contributed by atoms with Gasteiger partial charge in [0.2, 0.25) is 10.0 Å². The second-order valence-electron chi connectivity index (χ2n) is 3.68. The zero-order valence-corrected chi connectivity index (χ0v) is 9.68. The molecule has 5 nitrogen and oxygen atoms in total. The van der Waals surface area contributed by atoms with Gasteiger partial charge in [0.05, 0.1) is 6.26 Å². The molecule has 1 fully saturated rings. The average molecular weight is 221 g/mol. The third kappa shape index (κ3) is 3.91. The summed E-state index contributed by atoms with van der Waals surface area (Å²) in [6.07, 6.45) is 1.24. The van der Waals surface area contributed by atoms with Crippen LogP contribution in [0.5, 0.6) is 0 Å². The van der Waals surface area contributed by atoms with E-state index in [0.29, 0.717) is 6.54 Å². The van der Waals surface area contributed by atoms with Crippen molar-refractivity contribution in [2.45, 2.75) is 0 Å². The van der Waals surface area contributed by atoms with E-state index in [1.807, 2.05) is 0 Å². The molecule has 14 heavy (non-hydrogen) atoms. The molecule has 0 aromatic rings. The molecule has 1 heterocycles. The number of nitrogens with one attached hydrogen (secondary N) is 1. The molecule has 1 aliphatic rings. The predicted octanol–water partition coefficient (Wildman–Crippen LogP) is -1.22. The molecule has 0 amide bonds. The normalized spacial score (nSPS) is 20.2. The van der Waals surface area contributed by atoms with E-state index in [4.69, 9.17) is 0 Å². The summed E-state index contributed by atoms with van der Waals surface area (Å²) in [5.74, 6) is 0. The Morgan fingerprint density at radius 2 is 1.93 bits per heavy atom. The Morgan fingerprint density at radius 1 is 1.36 bits per heavy atom. The quantitative estimate of drug-likeness (QED) is 0.647. The number of rotatable bonds is 4. The fourth-order valence-electron chi connectivity index (χ4n) is 1.38. The van der Waals surface area contributed by atoms with Crippen LogP contribution in [0.1, 0.15) is 0 Å². The van der Waals surface area contributed by atoms with Crippen LogP contribution < -0.4 is 5.32 Å². The van der Waals surface area contributed by atoms with Crippen molar-refractivity contribution in [2.24, 2.45) is 0 Å². The molecule has 0 aliphatic carbocycles. The maximum atomic E-state index is 11.1. The van der Waals surface area contributed by atoms with Crippen LogP contribution >= 0.6 is 0 Å². The van der Waals surface area contributed by atoms with Crippen molar-refractivity contribution in [3.63, 3.8) is 0 Å². The fourth-order valence-corrected chi connectivity index (χ4v) is 1.80. The Balaban J connectivity index is 2.25. The lowest BCUT2D eigenvalue weighted by Crippen LogP contribution is -2.46. The van der Waals surface area contributed by atoms with Crippen molar-refractivity contribution < 1.29 is 8.42 Å². The maximum absolute atomic E-state index is 11.1. The summed E-state index contributed by atoms with van der Waals surface area (Å²) in [6.45, 7) is 5.43. The Hall–Kier alpha value is -0.170. The van der Waals surface area contributed by atoms with Gasteiger partial charge in [-0.2, -0.15) is 0 Å². The van der Waals surface area contributed by atoms with Crippen molar-refractivity contribution in [3.8, 4) is 0 Å². The smallest absolute Gasteiger partial charge is 0.210 e. The Bertz CT molecular complexity index is 260. The van der Waals surface area contributed by atoms with E-state index in [1.54, 1.807) is 7.05 Å². The minimum absolute atomic E-state index is 0.582. The average Bonchev–Trinajstić information content (AvgIpc) is 2.14. The summed E-state index contributed by atoms with van der Waals surface area (Å²) in [5, 5.41) is 3.26.